The highest BCUT2D eigenvalue weighted by molar-refractivity contribution is 7.07. The highest BCUT2D eigenvalue weighted by Crippen LogP contribution is 2.17. The first kappa shape index (κ1) is 9.56. The van der Waals surface area contributed by atoms with Crippen LogP contribution in [-0.2, 0) is 6.61 Å². The van der Waals surface area contributed by atoms with Crippen molar-refractivity contribution in [2.24, 2.45) is 0 Å². The van der Waals surface area contributed by atoms with E-state index < -0.39 is 0 Å². The van der Waals surface area contributed by atoms with Crippen molar-refractivity contribution < 1.29 is 4.74 Å². The predicted molar refractivity (Wildman–Crippen MR) is 60.1 cm³/mol. The van der Waals surface area contributed by atoms with Crippen LogP contribution in [0.2, 0.25) is 5.02 Å². The molecule has 1 heterocycles. The number of hydrogen-bond donors (Lipinski definition) is 0. The average molecular weight is 225 g/mol. The monoisotopic (exact) mass is 224 g/mol. The first-order valence-corrected chi connectivity index (χ1v) is 5.56. The minimum absolute atomic E-state index is 0.616. The predicted octanol–water partition coefficient (Wildman–Crippen LogP) is 3.98. The third-order valence-electron chi connectivity index (χ3n) is 1.80. The molecule has 1 aromatic carbocycles. The summed E-state index contributed by atoms with van der Waals surface area (Å²) in [5, 5.41) is 4.85. The molecule has 2 rings (SSSR count). The second-order valence-electron chi connectivity index (χ2n) is 2.87. The molecule has 0 aliphatic carbocycles. The van der Waals surface area contributed by atoms with E-state index in [2.05, 4.69) is 11.4 Å². The van der Waals surface area contributed by atoms with Crippen molar-refractivity contribution in [2.75, 3.05) is 0 Å². The van der Waals surface area contributed by atoms with E-state index in [1.807, 2.05) is 29.6 Å². The van der Waals surface area contributed by atoms with Gasteiger partial charge < -0.3 is 4.74 Å². The molecule has 0 saturated heterocycles. The first-order chi connectivity index (χ1) is 6.84. The van der Waals surface area contributed by atoms with Crippen LogP contribution in [0.4, 0.5) is 0 Å². The zero-order valence-corrected chi connectivity index (χ0v) is 9.02. The molecule has 0 bridgehead atoms. The Bertz CT molecular complexity index is 380. The van der Waals surface area contributed by atoms with Crippen LogP contribution in [0, 0.1) is 0 Å². The van der Waals surface area contributed by atoms with E-state index in [-0.39, 0.29) is 0 Å². The summed E-state index contributed by atoms with van der Waals surface area (Å²) in [6, 6.07) is 9.44. The maximum absolute atomic E-state index is 5.76. The van der Waals surface area contributed by atoms with Gasteiger partial charge in [-0.05, 0) is 46.7 Å². The molecule has 0 aliphatic rings. The van der Waals surface area contributed by atoms with Gasteiger partial charge in [-0.1, -0.05) is 11.6 Å². The molecule has 0 radical (unpaired) electrons. The molecular formula is C11H9ClOS. The number of rotatable bonds is 3. The Hall–Kier alpha value is -0.990. The van der Waals surface area contributed by atoms with Gasteiger partial charge in [0.15, 0.2) is 0 Å². The summed E-state index contributed by atoms with van der Waals surface area (Å²) >= 11 is 7.43. The highest BCUT2D eigenvalue weighted by Gasteiger charge is 1.95. The highest BCUT2D eigenvalue weighted by atomic mass is 35.5. The molecule has 0 atom stereocenters. The van der Waals surface area contributed by atoms with Crippen LogP contribution in [0.5, 0.6) is 5.75 Å². The fourth-order valence-electron chi connectivity index (χ4n) is 1.07. The van der Waals surface area contributed by atoms with Gasteiger partial charge in [0.1, 0.15) is 12.4 Å². The summed E-state index contributed by atoms with van der Waals surface area (Å²) in [5.41, 5.74) is 1.20. The normalized spacial score (nSPS) is 10.1. The Balaban J connectivity index is 1.95. The molecule has 14 heavy (non-hydrogen) atoms. The third kappa shape index (κ3) is 2.50. The summed E-state index contributed by atoms with van der Waals surface area (Å²) in [6.07, 6.45) is 0. The van der Waals surface area contributed by atoms with Crippen LogP contribution in [0.15, 0.2) is 41.1 Å². The topological polar surface area (TPSA) is 9.23 Å². The molecule has 0 unspecified atom stereocenters. The van der Waals surface area contributed by atoms with Gasteiger partial charge in [-0.15, -0.1) is 0 Å². The van der Waals surface area contributed by atoms with Gasteiger partial charge in [0, 0.05) is 5.02 Å². The van der Waals surface area contributed by atoms with Crippen LogP contribution in [0.1, 0.15) is 5.56 Å². The fraction of sp³-hybridized carbons (Fsp3) is 0.0909. The van der Waals surface area contributed by atoms with Crippen LogP contribution in [0.3, 0.4) is 0 Å². The van der Waals surface area contributed by atoms with Crippen molar-refractivity contribution in [3.8, 4) is 5.75 Å². The lowest BCUT2D eigenvalue weighted by atomic mass is 10.3. The lowest BCUT2D eigenvalue weighted by molar-refractivity contribution is 0.307. The van der Waals surface area contributed by atoms with Gasteiger partial charge in [0.2, 0.25) is 0 Å². The summed E-state index contributed by atoms with van der Waals surface area (Å²) < 4.78 is 5.55. The minimum Gasteiger partial charge on any atom is -0.489 e. The zero-order chi connectivity index (χ0) is 9.80. The Labute approximate surface area is 91.9 Å². The fourth-order valence-corrected chi connectivity index (χ4v) is 1.85. The molecule has 0 saturated carbocycles. The van der Waals surface area contributed by atoms with Crippen molar-refractivity contribution in [1.29, 1.82) is 0 Å². The molecule has 1 aromatic heterocycles. The van der Waals surface area contributed by atoms with E-state index >= 15 is 0 Å². The molecule has 0 aliphatic heterocycles. The molecule has 3 heteroatoms. The van der Waals surface area contributed by atoms with Gasteiger partial charge in [-0.2, -0.15) is 11.3 Å². The summed E-state index contributed by atoms with van der Waals surface area (Å²) in [5.74, 6) is 0.848. The second-order valence-corrected chi connectivity index (χ2v) is 4.09. The van der Waals surface area contributed by atoms with Gasteiger partial charge in [-0.25, -0.2) is 0 Å². The quantitative estimate of drug-likeness (QED) is 0.766. The Morgan fingerprint density at radius 3 is 2.57 bits per heavy atom. The second kappa shape index (κ2) is 4.49. The lowest BCUT2D eigenvalue weighted by Crippen LogP contribution is -1.92. The van der Waals surface area contributed by atoms with E-state index in [0.717, 1.165) is 10.8 Å². The Morgan fingerprint density at radius 1 is 1.14 bits per heavy atom. The average Bonchev–Trinajstić information content (AvgIpc) is 2.70. The number of ether oxygens (including phenoxy) is 1. The van der Waals surface area contributed by atoms with Gasteiger partial charge in [0.25, 0.3) is 0 Å². The van der Waals surface area contributed by atoms with Crippen LogP contribution in [0.25, 0.3) is 0 Å². The smallest absolute Gasteiger partial charge is 0.119 e. The number of halogens is 1. The molecular weight excluding hydrogens is 216 g/mol. The lowest BCUT2D eigenvalue weighted by Gasteiger charge is -2.03. The van der Waals surface area contributed by atoms with E-state index in [9.17, 15) is 0 Å². The zero-order valence-electron chi connectivity index (χ0n) is 7.44. The minimum atomic E-state index is 0.616. The van der Waals surface area contributed by atoms with Crippen molar-refractivity contribution >= 4 is 22.9 Å². The standard InChI is InChI=1S/C11H9ClOS/c12-10-1-3-11(4-2-10)13-7-9-5-6-14-8-9/h1-6,8H,7H2. The number of benzene rings is 1. The molecule has 72 valence electrons. The molecule has 0 fully saturated rings. The SMILES string of the molecule is Clc1ccc(OCc2ccsc2)cc1. The van der Waals surface area contributed by atoms with E-state index in [1.165, 1.54) is 5.56 Å². The van der Waals surface area contributed by atoms with Crippen molar-refractivity contribution in [3.05, 3.63) is 51.7 Å². The molecule has 1 nitrogen and oxygen atoms in total. The van der Waals surface area contributed by atoms with E-state index in [4.69, 9.17) is 16.3 Å². The van der Waals surface area contributed by atoms with Crippen molar-refractivity contribution in [1.82, 2.24) is 0 Å². The van der Waals surface area contributed by atoms with Crippen LogP contribution in [-0.4, -0.2) is 0 Å². The van der Waals surface area contributed by atoms with Crippen molar-refractivity contribution in [3.63, 3.8) is 0 Å². The number of hydrogen-bond acceptors (Lipinski definition) is 2. The van der Waals surface area contributed by atoms with E-state index in [1.54, 1.807) is 11.3 Å². The Morgan fingerprint density at radius 2 is 1.93 bits per heavy atom. The van der Waals surface area contributed by atoms with Crippen molar-refractivity contribution in [2.45, 2.75) is 6.61 Å². The summed E-state index contributed by atoms with van der Waals surface area (Å²) in [4.78, 5) is 0. The maximum Gasteiger partial charge on any atom is 0.119 e. The van der Waals surface area contributed by atoms with Gasteiger partial charge in [-0.3, -0.25) is 0 Å². The maximum atomic E-state index is 5.76. The molecule has 0 amide bonds. The molecule has 2 aromatic rings. The largest absolute Gasteiger partial charge is 0.489 e. The summed E-state index contributed by atoms with van der Waals surface area (Å²) in [7, 11) is 0. The molecule has 0 spiro atoms. The Kier molecular flexibility index (Phi) is 3.07. The van der Waals surface area contributed by atoms with Gasteiger partial charge >= 0.3 is 0 Å². The van der Waals surface area contributed by atoms with Crippen LogP contribution >= 0.6 is 22.9 Å². The molecule has 0 N–H and O–H groups in total. The van der Waals surface area contributed by atoms with Crippen LogP contribution < -0.4 is 4.74 Å². The van der Waals surface area contributed by atoms with Gasteiger partial charge in [0.05, 0.1) is 0 Å². The number of thiophene rings is 1. The summed E-state index contributed by atoms with van der Waals surface area (Å²) in [6.45, 7) is 0.616. The van der Waals surface area contributed by atoms with E-state index in [0.29, 0.717) is 6.61 Å². The third-order valence-corrected chi connectivity index (χ3v) is 2.78. The first-order valence-electron chi connectivity index (χ1n) is 4.24.